The largest absolute Gasteiger partial charge is 0.384 e. The van der Waals surface area contributed by atoms with Crippen molar-refractivity contribution in [2.75, 3.05) is 18.8 Å². The van der Waals surface area contributed by atoms with Crippen LogP contribution in [0.25, 0.3) is 11.3 Å². The van der Waals surface area contributed by atoms with Gasteiger partial charge in [-0.2, -0.15) is 0 Å². The minimum atomic E-state index is 0.368. The molecule has 0 radical (unpaired) electrons. The molecule has 0 saturated heterocycles. The molecule has 0 aliphatic heterocycles. The summed E-state index contributed by atoms with van der Waals surface area (Å²) in [6.45, 7) is 8.53. The van der Waals surface area contributed by atoms with E-state index in [-0.39, 0.29) is 0 Å². The van der Waals surface area contributed by atoms with Crippen molar-refractivity contribution < 1.29 is 0 Å². The highest BCUT2D eigenvalue weighted by molar-refractivity contribution is 5.59. The number of anilines is 1. The highest BCUT2D eigenvalue weighted by Gasteiger charge is 2.16. The van der Waals surface area contributed by atoms with E-state index in [1.807, 2.05) is 12.1 Å². The molecule has 21 heavy (non-hydrogen) atoms. The van der Waals surface area contributed by atoms with Crippen molar-refractivity contribution in [1.29, 1.82) is 0 Å². The van der Waals surface area contributed by atoms with Crippen LogP contribution in [0.3, 0.4) is 0 Å². The van der Waals surface area contributed by atoms with Crippen molar-refractivity contribution in [3.63, 3.8) is 0 Å². The van der Waals surface area contributed by atoms with Crippen molar-refractivity contribution in [2.24, 2.45) is 5.92 Å². The summed E-state index contributed by atoms with van der Waals surface area (Å²) >= 11 is 0. The number of nitrogen functional groups attached to an aromatic ring is 1. The van der Waals surface area contributed by atoms with Crippen LogP contribution in [0.4, 0.5) is 5.82 Å². The molecular weight excluding hydrogens is 262 g/mol. The first-order valence-electron chi connectivity index (χ1n) is 7.36. The average Bonchev–Trinajstić information content (AvgIpc) is 2.52. The molecule has 0 fully saturated rings. The normalized spacial score (nSPS) is 13.9. The van der Waals surface area contributed by atoms with E-state index >= 15 is 0 Å². The lowest BCUT2D eigenvalue weighted by Gasteiger charge is -2.20. The van der Waals surface area contributed by atoms with E-state index in [1.54, 1.807) is 18.6 Å². The van der Waals surface area contributed by atoms with Crippen LogP contribution in [0.15, 0.2) is 30.7 Å². The number of rotatable bonds is 6. The fourth-order valence-corrected chi connectivity index (χ4v) is 2.18. The SMILES string of the molecule is CCNC[C@H](C)C(C)c1cc(-c2ccc(N)nc2)ncn1. The summed E-state index contributed by atoms with van der Waals surface area (Å²) < 4.78 is 0. The molecule has 2 atom stereocenters. The lowest BCUT2D eigenvalue weighted by molar-refractivity contribution is 0.447. The number of nitrogens with zero attached hydrogens (tertiary/aromatic N) is 3. The maximum Gasteiger partial charge on any atom is 0.123 e. The minimum absolute atomic E-state index is 0.368. The van der Waals surface area contributed by atoms with Crippen molar-refractivity contribution in [3.8, 4) is 11.3 Å². The van der Waals surface area contributed by atoms with Crippen molar-refractivity contribution in [1.82, 2.24) is 20.3 Å². The first kappa shape index (κ1) is 15.4. The second kappa shape index (κ2) is 7.13. The van der Waals surface area contributed by atoms with Gasteiger partial charge < -0.3 is 11.1 Å². The van der Waals surface area contributed by atoms with Crippen LogP contribution in [-0.4, -0.2) is 28.0 Å². The van der Waals surface area contributed by atoms with E-state index < -0.39 is 0 Å². The Hall–Kier alpha value is -2.01. The summed E-state index contributed by atoms with van der Waals surface area (Å²) in [5.41, 5.74) is 8.52. The van der Waals surface area contributed by atoms with Crippen LogP contribution in [-0.2, 0) is 0 Å². The maximum atomic E-state index is 5.62. The van der Waals surface area contributed by atoms with Crippen LogP contribution < -0.4 is 11.1 Å². The topological polar surface area (TPSA) is 76.7 Å². The molecule has 0 saturated carbocycles. The molecule has 2 aromatic heterocycles. The van der Waals surface area contributed by atoms with Crippen molar-refractivity contribution in [2.45, 2.75) is 26.7 Å². The van der Waals surface area contributed by atoms with Crippen molar-refractivity contribution in [3.05, 3.63) is 36.4 Å². The van der Waals surface area contributed by atoms with E-state index in [0.717, 1.165) is 30.0 Å². The molecule has 5 heteroatoms. The maximum absolute atomic E-state index is 5.62. The minimum Gasteiger partial charge on any atom is -0.384 e. The van der Waals surface area contributed by atoms with E-state index in [1.165, 1.54) is 0 Å². The Bertz CT molecular complexity index is 567. The van der Waals surface area contributed by atoms with Gasteiger partial charge >= 0.3 is 0 Å². The van der Waals surface area contributed by atoms with Gasteiger partial charge in [0.15, 0.2) is 0 Å². The van der Waals surface area contributed by atoms with Crippen LogP contribution in [0.2, 0.25) is 0 Å². The Kier molecular flexibility index (Phi) is 5.22. The third kappa shape index (κ3) is 3.98. The molecular formula is C16H23N5. The van der Waals surface area contributed by atoms with Crippen LogP contribution in [0, 0.1) is 5.92 Å². The molecule has 0 aliphatic carbocycles. The number of hydrogen-bond donors (Lipinski definition) is 2. The molecule has 3 N–H and O–H groups in total. The van der Waals surface area contributed by atoms with Gasteiger partial charge in [0.1, 0.15) is 12.1 Å². The average molecular weight is 285 g/mol. The molecule has 0 bridgehead atoms. The summed E-state index contributed by atoms with van der Waals surface area (Å²) in [6.07, 6.45) is 3.37. The fourth-order valence-electron chi connectivity index (χ4n) is 2.18. The summed E-state index contributed by atoms with van der Waals surface area (Å²) in [7, 11) is 0. The highest BCUT2D eigenvalue weighted by atomic mass is 14.9. The number of hydrogen-bond acceptors (Lipinski definition) is 5. The standard InChI is InChI=1S/C16H23N5/c1-4-18-8-11(2)12(3)14-7-15(21-10-20-14)13-5-6-16(17)19-9-13/h5-7,9-12,18H,4,8H2,1-3H3,(H2,17,19)/t11-,12?/m0/s1. The molecule has 5 nitrogen and oxygen atoms in total. The first-order valence-corrected chi connectivity index (χ1v) is 7.36. The van der Waals surface area contributed by atoms with Gasteiger partial charge in [0.05, 0.1) is 5.69 Å². The Labute approximate surface area is 126 Å². The van der Waals surface area contributed by atoms with Gasteiger partial charge in [-0.25, -0.2) is 15.0 Å². The molecule has 2 heterocycles. The van der Waals surface area contributed by atoms with E-state index in [9.17, 15) is 0 Å². The monoisotopic (exact) mass is 285 g/mol. The van der Waals surface area contributed by atoms with Gasteiger partial charge in [0.2, 0.25) is 0 Å². The Morgan fingerprint density at radius 2 is 2.00 bits per heavy atom. The molecule has 2 aromatic rings. The van der Waals surface area contributed by atoms with Crippen molar-refractivity contribution >= 4 is 5.82 Å². The van der Waals surface area contributed by atoms with E-state index in [4.69, 9.17) is 5.73 Å². The molecule has 2 rings (SSSR count). The molecule has 0 aliphatic rings. The van der Waals surface area contributed by atoms with Crippen LogP contribution in [0.5, 0.6) is 0 Å². The van der Waals surface area contributed by atoms with E-state index in [0.29, 0.717) is 17.7 Å². The predicted octanol–water partition coefficient (Wildman–Crippen LogP) is 2.47. The van der Waals surface area contributed by atoms with Gasteiger partial charge in [0.25, 0.3) is 0 Å². The van der Waals surface area contributed by atoms with Gasteiger partial charge in [0, 0.05) is 23.4 Å². The van der Waals surface area contributed by atoms with Gasteiger partial charge in [-0.05, 0) is 37.2 Å². The smallest absolute Gasteiger partial charge is 0.123 e. The summed E-state index contributed by atoms with van der Waals surface area (Å²) in [5.74, 6) is 1.39. The Balaban J connectivity index is 2.19. The van der Waals surface area contributed by atoms with Gasteiger partial charge in [-0.3, -0.25) is 0 Å². The first-order chi connectivity index (χ1) is 10.1. The van der Waals surface area contributed by atoms with Gasteiger partial charge in [-0.15, -0.1) is 0 Å². The van der Waals surface area contributed by atoms with E-state index in [2.05, 4.69) is 41.0 Å². The van der Waals surface area contributed by atoms with Gasteiger partial charge in [-0.1, -0.05) is 20.8 Å². The second-order valence-corrected chi connectivity index (χ2v) is 5.37. The Morgan fingerprint density at radius 3 is 2.67 bits per heavy atom. The lowest BCUT2D eigenvalue weighted by Crippen LogP contribution is -2.24. The fraction of sp³-hybridized carbons (Fsp3) is 0.438. The molecule has 0 aromatic carbocycles. The molecule has 0 amide bonds. The lowest BCUT2D eigenvalue weighted by atomic mass is 9.92. The summed E-state index contributed by atoms with van der Waals surface area (Å²) in [4.78, 5) is 12.9. The quantitative estimate of drug-likeness (QED) is 0.852. The molecule has 1 unspecified atom stereocenters. The summed E-state index contributed by atoms with van der Waals surface area (Å²) in [5, 5.41) is 3.38. The number of nitrogens with one attached hydrogen (secondary N) is 1. The van der Waals surface area contributed by atoms with Crippen LogP contribution in [0.1, 0.15) is 32.4 Å². The highest BCUT2D eigenvalue weighted by Crippen LogP contribution is 2.25. The third-order valence-electron chi connectivity index (χ3n) is 3.81. The number of nitrogens with two attached hydrogens (primary N) is 1. The zero-order valence-electron chi connectivity index (χ0n) is 12.9. The predicted molar refractivity (Wildman–Crippen MR) is 85.8 cm³/mol. The van der Waals surface area contributed by atoms with Crippen LogP contribution >= 0.6 is 0 Å². The second-order valence-electron chi connectivity index (χ2n) is 5.37. The zero-order valence-corrected chi connectivity index (χ0v) is 12.9. The molecule has 112 valence electrons. The number of aromatic nitrogens is 3. The summed E-state index contributed by atoms with van der Waals surface area (Å²) in [6, 6.07) is 5.76. The zero-order chi connectivity index (χ0) is 15.2. The Morgan fingerprint density at radius 1 is 1.19 bits per heavy atom. The molecule has 0 spiro atoms. The number of pyridine rings is 1. The third-order valence-corrected chi connectivity index (χ3v) is 3.81.